The van der Waals surface area contributed by atoms with Crippen molar-refractivity contribution in [2.45, 2.75) is 11.2 Å². The second-order valence-corrected chi connectivity index (χ2v) is 4.92. The summed E-state index contributed by atoms with van der Waals surface area (Å²) in [5.74, 6) is -1.03. The minimum atomic E-state index is -4.64. The molecule has 8 heteroatoms. The highest BCUT2D eigenvalue weighted by Gasteiger charge is 2.35. The van der Waals surface area contributed by atoms with Crippen LogP contribution in [-0.4, -0.2) is 16.2 Å². The molecule has 0 spiro atoms. The van der Waals surface area contributed by atoms with Crippen LogP contribution in [0.15, 0.2) is 21.9 Å². The van der Waals surface area contributed by atoms with E-state index in [0.29, 0.717) is 5.03 Å². The van der Waals surface area contributed by atoms with Gasteiger partial charge in [-0.2, -0.15) is 13.2 Å². The molecule has 1 aromatic heterocycles. The van der Waals surface area contributed by atoms with Gasteiger partial charge in [-0.05, 0) is 28.3 Å². The molecule has 0 aliphatic heterocycles. The molecule has 0 amide bonds. The van der Waals surface area contributed by atoms with Gasteiger partial charge < -0.3 is 0 Å². The Morgan fingerprint density at radius 3 is 2.50 bits per heavy atom. The summed E-state index contributed by atoms with van der Waals surface area (Å²) in [5, 5.41) is 0.356. The van der Waals surface area contributed by atoms with Gasteiger partial charge in [0.15, 0.2) is 5.82 Å². The van der Waals surface area contributed by atoms with Crippen molar-refractivity contribution in [1.82, 2.24) is 9.97 Å². The van der Waals surface area contributed by atoms with Gasteiger partial charge in [0.1, 0.15) is 16.9 Å². The molecule has 2 rings (SSSR count). The van der Waals surface area contributed by atoms with Crippen LogP contribution < -0.4 is 0 Å². The predicted molar refractivity (Wildman–Crippen MR) is 64.0 cm³/mol. The van der Waals surface area contributed by atoms with E-state index < -0.39 is 22.0 Å². The Balaban J connectivity index is 2.89. The third-order valence-corrected chi connectivity index (χ3v) is 3.76. The maximum absolute atomic E-state index is 13.9. The number of hydrogen-bond donors (Lipinski definition) is 0. The van der Waals surface area contributed by atoms with Gasteiger partial charge in [-0.15, -0.1) is 11.8 Å². The summed E-state index contributed by atoms with van der Waals surface area (Å²) in [6.45, 7) is 0. The Labute approximate surface area is 112 Å². The lowest BCUT2D eigenvalue weighted by Gasteiger charge is -2.12. The van der Waals surface area contributed by atoms with Crippen molar-refractivity contribution in [1.29, 1.82) is 0 Å². The Bertz CT molecular complexity index is 615. The fourth-order valence-electron chi connectivity index (χ4n) is 1.48. The zero-order chi connectivity index (χ0) is 13.5. The van der Waals surface area contributed by atoms with Gasteiger partial charge in [-0.1, -0.05) is 0 Å². The van der Waals surface area contributed by atoms with Crippen molar-refractivity contribution < 1.29 is 17.6 Å². The standard InChI is InChI=1S/C10H5BrF4N2S/c1-18-9-4-2-5(10(13,14)15)6(11)7(12)8(4)16-3-17-9/h2-3H,1H3. The Morgan fingerprint density at radius 1 is 1.28 bits per heavy atom. The molecule has 0 atom stereocenters. The molecule has 18 heavy (non-hydrogen) atoms. The number of alkyl halides is 3. The molecule has 0 fully saturated rings. The summed E-state index contributed by atoms with van der Waals surface area (Å²) < 4.78 is 51.5. The summed E-state index contributed by atoms with van der Waals surface area (Å²) in [4.78, 5) is 7.50. The van der Waals surface area contributed by atoms with Gasteiger partial charge in [-0.3, -0.25) is 0 Å². The highest BCUT2D eigenvalue weighted by Crippen LogP contribution is 2.40. The largest absolute Gasteiger partial charge is 0.417 e. The van der Waals surface area contributed by atoms with Crippen LogP contribution in [0.5, 0.6) is 0 Å². The van der Waals surface area contributed by atoms with Crippen LogP contribution >= 0.6 is 27.7 Å². The summed E-state index contributed by atoms with van der Waals surface area (Å²) in [5.41, 5.74) is -1.20. The number of rotatable bonds is 1. The van der Waals surface area contributed by atoms with Crippen LogP contribution in [0.25, 0.3) is 10.9 Å². The smallest absolute Gasteiger partial charge is 0.233 e. The zero-order valence-corrected chi connectivity index (χ0v) is 11.2. The molecule has 1 heterocycles. The second-order valence-electron chi connectivity index (χ2n) is 3.33. The lowest BCUT2D eigenvalue weighted by atomic mass is 10.1. The highest BCUT2D eigenvalue weighted by atomic mass is 79.9. The first-order chi connectivity index (χ1) is 8.36. The summed E-state index contributed by atoms with van der Waals surface area (Å²) >= 11 is 3.75. The average molecular weight is 341 g/mol. The Kier molecular flexibility index (Phi) is 3.50. The van der Waals surface area contributed by atoms with Crippen LogP contribution in [-0.2, 0) is 6.18 Å². The van der Waals surface area contributed by atoms with Crippen molar-refractivity contribution in [3.8, 4) is 0 Å². The van der Waals surface area contributed by atoms with Crippen molar-refractivity contribution in [2.75, 3.05) is 6.26 Å². The van der Waals surface area contributed by atoms with Gasteiger partial charge in [-0.25, -0.2) is 14.4 Å². The molecule has 0 bridgehead atoms. The molecule has 2 nitrogen and oxygen atoms in total. The fraction of sp³-hybridized carbons (Fsp3) is 0.200. The molecule has 2 aromatic rings. The van der Waals surface area contributed by atoms with E-state index in [0.717, 1.165) is 24.2 Å². The van der Waals surface area contributed by atoms with E-state index in [-0.39, 0.29) is 10.9 Å². The third-order valence-electron chi connectivity index (χ3n) is 2.27. The Morgan fingerprint density at radius 2 is 1.94 bits per heavy atom. The molecule has 0 unspecified atom stereocenters. The minimum absolute atomic E-state index is 0.0537. The van der Waals surface area contributed by atoms with Crippen LogP contribution in [0.1, 0.15) is 5.56 Å². The average Bonchev–Trinajstić information content (AvgIpc) is 2.31. The van der Waals surface area contributed by atoms with E-state index in [4.69, 9.17) is 0 Å². The SMILES string of the molecule is CSc1ncnc2c(F)c(Br)c(C(F)(F)F)cc12. The molecule has 0 saturated heterocycles. The maximum Gasteiger partial charge on any atom is 0.417 e. The van der Waals surface area contributed by atoms with Gasteiger partial charge >= 0.3 is 6.18 Å². The quantitative estimate of drug-likeness (QED) is 0.440. The number of nitrogens with zero attached hydrogens (tertiary/aromatic N) is 2. The number of thioether (sulfide) groups is 1. The Hall–Kier alpha value is -0.890. The van der Waals surface area contributed by atoms with Crippen molar-refractivity contribution >= 4 is 38.6 Å². The minimum Gasteiger partial charge on any atom is -0.233 e. The van der Waals surface area contributed by atoms with E-state index in [1.165, 1.54) is 0 Å². The number of aromatic nitrogens is 2. The highest BCUT2D eigenvalue weighted by molar-refractivity contribution is 9.10. The molecular weight excluding hydrogens is 336 g/mol. The fourth-order valence-corrected chi connectivity index (χ4v) is 2.54. The van der Waals surface area contributed by atoms with E-state index in [1.807, 2.05) is 0 Å². The van der Waals surface area contributed by atoms with E-state index in [9.17, 15) is 17.6 Å². The van der Waals surface area contributed by atoms with Crippen molar-refractivity contribution in [3.63, 3.8) is 0 Å². The zero-order valence-electron chi connectivity index (χ0n) is 8.85. The molecule has 1 aromatic carbocycles. The lowest BCUT2D eigenvalue weighted by Crippen LogP contribution is -2.08. The first kappa shape index (κ1) is 13.5. The summed E-state index contributed by atoms with van der Waals surface area (Å²) in [7, 11) is 0. The second kappa shape index (κ2) is 4.65. The van der Waals surface area contributed by atoms with Crippen molar-refractivity contribution in [2.24, 2.45) is 0 Å². The van der Waals surface area contributed by atoms with Crippen LogP contribution in [0.2, 0.25) is 0 Å². The number of fused-ring (bicyclic) bond motifs is 1. The van der Waals surface area contributed by atoms with Crippen LogP contribution in [0.4, 0.5) is 17.6 Å². The summed E-state index contributed by atoms with van der Waals surface area (Å²) in [6, 6.07) is 0.855. The van der Waals surface area contributed by atoms with E-state index >= 15 is 0 Å². The molecule has 0 radical (unpaired) electrons. The molecule has 0 N–H and O–H groups in total. The molecule has 0 aliphatic rings. The lowest BCUT2D eigenvalue weighted by molar-refractivity contribution is -0.138. The van der Waals surface area contributed by atoms with Gasteiger partial charge in [0, 0.05) is 5.39 Å². The maximum atomic E-state index is 13.9. The molecule has 0 saturated carbocycles. The topological polar surface area (TPSA) is 25.8 Å². The van der Waals surface area contributed by atoms with E-state index in [1.54, 1.807) is 6.26 Å². The molecule has 96 valence electrons. The van der Waals surface area contributed by atoms with Crippen LogP contribution in [0, 0.1) is 5.82 Å². The van der Waals surface area contributed by atoms with Crippen molar-refractivity contribution in [3.05, 3.63) is 28.2 Å². The van der Waals surface area contributed by atoms with Gasteiger partial charge in [0.2, 0.25) is 0 Å². The number of hydrogen-bond acceptors (Lipinski definition) is 3. The molecule has 0 aliphatic carbocycles. The number of benzene rings is 1. The van der Waals surface area contributed by atoms with Gasteiger partial charge in [0.25, 0.3) is 0 Å². The normalized spacial score (nSPS) is 12.1. The first-order valence-corrected chi connectivity index (χ1v) is 6.62. The van der Waals surface area contributed by atoms with Gasteiger partial charge in [0.05, 0.1) is 10.0 Å². The van der Waals surface area contributed by atoms with Crippen LogP contribution in [0.3, 0.4) is 0 Å². The monoisotopic (exact) mass is 340 g/mol. The summed E-state index contributed by atoms with van der Waals surface area (Å²) in [6.07, 6.45) is -1.87. The number of halogens is 5. The van der Waals surface area contributed by atoms with E-state index in [2.05, 4.69) is 25.9 Å². The third kappa shape index (κ3) is 2.18. The predicted octanol–water partition coefficient (Wildman–Crippen LogP) is 4.27. The molecular formula is C10H5BrF4N2S. The first-order valence-electron chi connectivity index (χ1n) is 4.60.